The Morgan fingerprint density at radius 3 is 1.69 bits per heavy atom. The van der Waals surface area contributed by atoms with E-state index < -0.39 is 84.0 Å². The van der Waals surface area contributed by atoms with Gasteiger partial charge in [0.1, 0.15) is 29.6 Å². The second-order valence-electron chi connectivity index (χ2n) is 27.0. The highest BCUT2D eigenvalue weighted by Crippen LogP contribution is 2.30. The number of benzene rings is 5. The summed E-state index contributed by atoms with van der Waals surface area (Å²) in [6.07, 6.45) is 10.9. The molecule has 2 aliphatic carbocycles. The Morgan fingerprint density at radius 2 is 1.07 bits per heavy atom. The van der Waals surface area contributed by atoms with Crippen LogP contribution in [0, 0.1) is 19.8 Å². The largest absolute Gasteiger partial charge is 0.508 e. The molecule has 1 aliphatic heterocycles. The fourth-order valence-electron chi connectivity index (χ4n) is 13.9. The first-order chi connectivity index (χ1) is 47.2. The number of aromatic hydroxyl groups is 2. The van der Waals surface area contributed by atoms with Gasteiger partial charge in [0.15, 0.2) is 5.96 Å². The molecule has 0 radical (unpaired) electrons. The van der Waals surface area contributed by atoms with Crippen molar-refractivity contribution < 1.29 is 43.8 Å². The molecule has 10 atom stereocenters. The molecule has 23 heteroatoms. The molecule has 0 spiro atoms. The van der Waals surface area contributed by atoms with Gasteiger partial charge in [-0.05, 0) is 172 Å². The van der Waals surface area contributed by atoms with Crippen LogP contribution in [0.2, 0.25) is 0 Å². The average molecular weight is 1350 g/mol. The molecule has 7 amide bonds. The number of nitrogens with zero attached hydrogens (tertiary/aromatic N) is 2. The van der Waals surface area contributed by atoms with Crippen LogP contribution in [-0.4, -0.2) is 142 Å². The van der Waals surface area contributed by atoms with Gasteiger partial charge in [0.05, 0.1) is 30.2 Å². The van der Waals surface area contributed by atoms with E-state index in [0.29, 0.717) is 57.2 Å². The number of nitrogens with two attached hydrogens (primary N) is 5. The van der Waals surface area contributed by atoms with Crippen LogP contribution in [-0.2, 0) is 72.2 Å². The number of fused-ring (bicyclic) bond motifs is 1. The van der Waals surface area contributed by atoms with Gasteiger partial charge in [-0.3, -0.25) is 43.9 Å². The zero-order chi connectivity index (χ0) is 70.1. The number of rotatable bonds is 34. The topological polar surface area (TPSA) is 390 Å². The van der Waals surface area contributed by atoms with E-state index >= 15 is 9.59 Å². The lowest BCUT2D eigenvalue weighted by Gasteiger charge is -2.39. The van der Waals surface area contributed by atoms with Gasteiger partial charge in [0.2, 0.25) is 41.4 Å². The molecule has 1 heterocycles. The molecular formula is C75H104N14O9. The number of phenols is 2. The van der Waals surface area contributed by atoms with E-state index in [4.69, 9.17) is 28.7 Å². The predicted molar refractivity (Wildman–Crippen MR) is 380 cm³/mol. The molecule has 98 heavy (non-hydrogen) atoms. The fraction of sp³-hybridized carbons (Fsp3) is 0.493. The maximum atomic E-state index is 15.2. The Labute approximate surface area is 576 Å². The van der Waals surface area contributed by atoms with Crippen molar-refractivity contribution in [3.63, 3.8) is 0 Å². The van der Waals surface area contributed by atoms with Crippen molar-refractivity contribution in [2.75, 3.05) is 19.6 Å². The zero-order valence-corrected chi connectivity index (χ0v) is 56.9. The van der Waals surface area contributed by atoms with Crippen molar-refractivity contribution >= 4 is 47.3 Å². The third-order valence-electron chi connectivity index (χ3n) is 19.4. The molecule has 8 rings (SSSR count). The maximum absolute atomic E-state index is 15.2. The average Bonchev–Trinajstić information content (AvgIpc) is 0.810. The van der Waals surface area contributed by atoms with Gasteiger partial charge in [-0.1, -0.05) is 142 Å². The van der Waals surface area contributed by atoms with Crippen molar-refractivity contribution in [3.05, 3.63) is 166 Å². The molecule has 0 saturated heterocycles. The van der Waals surface area contributed by atoms with Crippen LogP contribution in [0.3, 0.4) is 0 Å². The number of amides is 7. The Kier molecular flexibility index (Phi) is 28.8. The van der Waals surface area contributed by atoms with E-state index in [1.54, 1.807) is 41.3 Å². The standard InChI is InChI=1S/C75H104N14O9/c1-47-37-57(91)38-48(2)58(47)44-59(77)68(92)86-64(30-18-36-81-75(79)80)71(95)88-67(42-51-23-10-5-11-24-51)73(97)87-63(29-16-17-35-76)70(94)84-61-27-14-15-28-62(61)85-72(96)66(41-50-21-8-4-9-22-50)83-65(40-49-19-6-3-7-20-49)69(93)82-45-55-43-53-25-12-13-26-54(53)46-89(55)74(98)60(78)39-52-31-33-56(90)34-32-52/h4-5,8-13,21-26,31-34,37-38,49,55,59-67,83,90-91H,3,6-7,14-20,27-30,35-36,39-46,76-78H2,1-2H3,(H,82,93)(H,84,94)(H,85,96)(H,86,92)(H,87,97)(H,88,95)(H4,79,80,81)/t55?,59-,60-,61+,62+,63-,64+,65+,66-,67-/m0/s1. The van der Waals surface area contributed by atoms with Crippen LogP contribution in [0.5, 0.6) is 11.5 Å². The molecule has 1 unspecified atom stereocenters. The first-order valence-electron chi connectivity index (χ1n) is 35.1. The van der Waals surface area contributed by atoms with Gasteiger partial charge in [0, 0.05) is 38.1 Å². The lowest BCUT2D eigenvalue weighted by Crippen LogP contribution is -2.62. The number of unbranched alkanes of at least 4 members (excludes halogenated alkanes) is 1. The number of guanidine groups is 1. The number of aryl methyl sites for hydroxylation is 2. The van der Waals surface area contributed by atoms with E-state index in [0.717, 1.165) is 83.9 Å². The zero-order valence-electron chi connectivity index (χ0n) is 56.9. The van der Waals surface area contributed by atoms with Crippen molar-refractivity contribution in [3.8, 4) is 11.5 Å². The minimum absolute atomic E-state index is 0.0232. The van der Waals surface area contributed by atoms with E-state index in [2.05, 4.69) is 42.2 Å². The number of carbonyl (C=O) groups is 7. The Bertz CT molecular complexity index is 3440. The molecule has 3 aliphatic rings. The number of aliphatic imine (C=N–C) groups is 1. The van der Waals surface area contributed by atoms with E-state index in [1.165, 1.54) is 0 Å². The molecule has 0 aromatic heterocycles. The van der Waals surface area contributed by atoms with Crippen molar-refractivity contribution in [2.24, 2.45) is 39.6 Å². The summed E-state index contributed by atoms with van der Waals surface area (Å²) in [6.45, 7) is 4.58. The smallest absolute Gasteiger partial charge is 0.243 e. The Hall–Kier alpha value is -8.90. The number of hydrogen-bond donors (Lipinski definition) is 14. The Morgan fingerprint density at radius 1 is 0.541 bits per heavy atom. The van der Waals surface area contributed by atoms with Crippen LogP contribution >= 0.6 is 0 Å². The van der Waals surface area contributed by atoms with Crippen LogP contribution in [0.1, 0.15) is 141 Å². The molecule has 0 bridgehead atoms. The fourth-order valence-corrected chi connectivity index (χ4v) is 13.9. The highest BCUT2D eigenvalue weighted by atomic mass is 16.3. The minimum Gasteiger partial charge on any atom is -0.508 e. The summed E-state index contributed by atoms with van der Waals surface area (Å²) in [6, 6.07) is 27.8. The van der Waals surface area contributed by atoms with Crippen molar-refractivity contribution in [1.82, 2.24) is 42.1 Å². The third-order valence-corrected chi connectivity index (χ3v) is 19.4. The van der Waals surface area contributed by atoms with Crippen LogP contribution in [0.4, 0.5) is 0 Å². The highest BCUT2D eigenvalue weighted by Gasteiger charge is 2.38. The van der Waals surface area contributed by atoms with Gasteiger partial charge in [-0.25, -0.2) is 0 Å². The summed E-state index contributed by atoms with van der Waals surface area (Å²) >= 11 is 0. The molecule has 2 fully saturated rings. The summed E-state index contributed by atoms with van der Waals surface area (Å²) in [7, 11) is 0. The number of carbonyl (C=O) groups excluding carboxylic acids is 7. The lowest BCUT2D eigenvalue weighted by molar-refractivity contribution is -0.137. The van der Waals surface area contributed by atoms with Crippen LogP contribution in [0.15, 0.2) is 126 Å². The summed E-state index contributed by atoms with van der Waals surface area (Å²) in [5.41, 5.74) is 37.1. The van der Waals surface area contributed by atoms with Gasteiger partial charge < -0.3 is 75.7 Å². The molecule has 528 valence electrons. The van der Waals surface area contributed by atoms with Gasteiger partial charge >= 0.3 is 0 Å². The highest BCUT2D eigenvalue weighted by molar-refractivity contribution is 5.95. The number of hydrogen-bond acceptors (Lipinski definition) is 14. The summed E-state index contributed by atoms with van der Waals surface area (Å²) < 4.78 is 0. The van der Waals surface area contributed by atoms with Gasteiger partial charge in [-0.2, -0.15) is 0 Å². The monoisotopic (exact) mass is 1340 g/mol. The SMILES string of the molecule is Cc1cc(O)cc(C)c1C[C@H](N)C(=O)N[C@H](CCCN=C(N)N)C(=O)N[C@@H](Cc1ccccc1)C(=O)N[C@@H](CCCCN)C(=O)N[C@@H]1CCCC[C@H]1NC(=O)[C@H](Cc1ccccc1)N[C@H](CC1CCCCC1)C(=O)NCC1Cc2ccccc2CN1C(=O)[C@@H](N)Cc1ccc(O)cc1. The van der Waals surface area contributed by atoms with E-state index in [9.17, 15) is 34.2 Å². The number of nitrogens with one attached hydrogen (secondary N) is 7. The third kappa shape index (κ3) is 22.9. The van der Waals surface area contributed by atoms with E-state index in [1.807, 2.05) is 98.8 Å². The summed E-state index contributed by atoms with van der Waals surface area (Å²) in [5, 5.41) is 42.1. The second kappa shape index (κ2) is 37.7. The quantitative estimate of drug-likeness (QED) is 0.0156. The molecule has 5 aromatic carbocycles. The molecule has 19 N–H and O–H groups in total. The number of phenolic OH excluding ortho intramolecular Hbond substituents is 2. The first kappa shape index (κ1) is 74.9. The normalized spacial score (nSPS) is 18.4. The molecule has 2 saturated carbocycles. The molecule has 23 nitrogen and oxygen atoms in total. The van der Waals surface area contributed by atoms with Crippen LogP contribution in [0.25, 0.3) is 0 Å². The second-order valence-corrected chi connectivity index (χ2v) is 27.0. The molecular weight excluding hydrogens is 1240 g/mol. The Balaban J connectivity index is 0.984. The summed E-state index contributed by atoms with van der Waals surface area (Å²) in [5.74, 6) is -3.00. The van der Waals surface area contributed by atoms with E-state index in [-0.39, 0.29) is 99.1 Å². The minimum atomic E-state index is -1.24. The predicted octanol–water partition coefficient (Wildman–Crippen LogP) is 4.19. The first-order valence-corrected chi connectivity index (χ1v) is 35.1. The van der Waals surface area contributed by atoms with Crippen molar-refractivity contribution in [2.45, 2.75) is 209 Å². The van der Waals surface area contributed by atoms with Gasteiger partial charge in [0.25, 0.3) is 0 Å². The van der Waals surface area contributed by atoms with Crippen LogP contribution < -0.4 is 65.9 Å². The maximum Gasteiger partial charge on any atom is 0.243 e. The molecule has 5 aromatic rings. The summed E-state index contributed by atoms with van der Waals surface area (Å²) in [4.78, 5) is 109. The lowest BCUT2D eigenvalue weighted by atomic mass is 9.84. The van der Waals surface area contributed by atoms with Crippen molar-refractivity contribution in [1.29, 1.82) is 0 Å². The van der Waals surface area contributed by atoms with Gasteiger partial charge in [-0.15, -0.1) is 0 Å².